The van der Waals surface area contributed by atoms with Crippen molar-refractivity contribution >= 4 is 22.4 Å². The van der Waals surface area contributed by atoms with Gasteiger partial charge in [0.1, 0.15) is 5.52 Å². The summed E-state index contributed by atoms with van der Waals surface area (Å²) in [4.78, 5) is 11.4. The number of anilines is 1. The molecule has 0 spiro atoms. The van der Waals surface area contributed by atoms with Crippen LogP contribution in [0, 0.1) is 0 Å². The second-order valence-corrected chi connectivity index (χ2v) is 4.67. The Morgan fingerprint density at radius 2 is 1.89 bits per heavy atom. The van der Waals surface area contributed by atoms with Gasteiger partial charge in [-0.2, -0.15) is 0 Å². The lowest BCUT2D eigenvalue weighted by atomic mass is 10.3. The van der Waals surface area contributed by atoms with Crippen molar-refractivity contribution in [1.29, 1.82) is 0 Å². The van der Waals surface area contributed by atoms with Crippen molar-refractivity contribution < 1.29 is 4.74 Å². The minimum atomic E-state index is 0.759. The molecular formula is C14H14N4O. The molecule has 1 fully saturated rings. The van der Waals surface area contributed by atoms with E-state index < -0.39 is 0 Å². The van der Waals surface area contributed by atoms with Crippen LogP contribution < -0.4 is 4.90 Å². The molecule has 1 saturated heterocycles. The molecule has 1 aliphatic rings. The van der Waals surface area contributed by atoms with Gasteiger partial charge in [0.25, 0.3) is 0 Å². The number of para-hydroxylation sites is 2. The summed E-state index contributed by atoms with van der Waals surface area (Å²) in [5.74, 6) is 1.000. The second kappa shape index (κ2) is 4.20. The number of rotatable bonds is 1. The molecule has 0 atom stereocenters. The Hall–Kier alpha value is -2.14. The zero-order valence-corrected chi connectivity index (χ0v) is 10.5. The van der Waals surface area contributed by atoms with E-state index in [4.69, 9.17) is 9.72 Å². The maximum absolute atomic E-state index is 5.41. The molecule has 3 heterocycles. The molecular weight excluding hydrogens is 240 g/mol. The normalized spacial score (nSPS) is 16.3. The highest BCUT2D eigenvalue weighted by atomic mass is 16.5. The third-order valence-electron chi connectivity index (χ3n) is 3.55. The molecule has 96 valence electrons. The largest absolute Gasteiger partial charge is 0.378 e. The Morgan fingerprint density at radius 3 is 2.79 bits per heavy atom. The van der Waals surface area contributed by atoms with Crippen LogP contribution in [0.15, 0.2) is 36.8 Å². The van der Waals surface area contributed by atoms with Crippen LogP contribution in [-0.4, -0.2) is 40.7 Å². The highest BCUT2D eigenvalue weighted by Gasteiger charge is 2.17. The van der Waals surface area contributed by atoms with Crippen LogP contribution >= 0.6 is 0 Å². The van der Waals surface area contributed by atoms with Crippen molar-refractivity contribution in [1.82, 2.24) is 14.4 Å². The molecule has 0 saturated carbocycles. The lowest BCUT2D eigenvalue weighted by molar-refractivity contribution is 0.122. The molecule has 0 radical (unpaired) electrons. The van der Waals surface area contributed by atoms with Gasteiger partial charge in [-0.05, 0) is 12.1 Å². The van der Waals surface area contributed by atoms with Gasteiger partial charge in [0.15, 0.2) is 5.82 Å². The standard InChI is InChI=1S/C14H14N4O/c1-2-4-12-11(3-1)16-14(13-9-15-10-18(12)13)17-5-7-19-8-6-17/h1-4,9-10H,5-8H2. The molecule has 0 bridgehead atoms. The maximum atomic E-state index is 5.41. The fraction of sp³-hybridized carbons (Fsp3) is 0.286. The summed E-state index contributed by atoms with van der Waals surface area (Å²) in [5, 5.41) is 0. The Labute approximate surface area is 110 Å². The zero-order valence-electron chi connectivity index (χ0n) is 10.5. The number of ether oxygens (including phenoxy) is 1. The van der Waals surface area contributed by atoms with Gasteiger partial charge in [0.05, 0.1) is 36.8 Å². The van der Waals surface area contributed by atoms with Crippen molar-refractivity contribution in [2.45, 2.75) is 0 Å². The number of imidazole rings is 1. The van der Waals surface area contributed by atoms with E-state index in [1.54, 1.807) is 0 Å². The van der Waals surface area contributed by atoms with Gasteiger partial charge < -0.3 is 9.64 Å². The van der Waals surface area contributed by atoms with E-state index >= 15 is 0 Å². The van der Waals surface area contributed by atoms with Gasteiger partial charge in [-0.3, -0.25) is 4.40 Å². The quantitative estimate of drug-likeness (QED) is 0.663. The van der Waals surface area contributed by atoms with Crippen LogP contribution in [-0.2, 0) is 4.74 Å². The predicted octanol–water partition coefficient (Wildman–Crippen LogP) is 1.72. The topological polar surface area (TPSA) is 42.7 Å². The highest BCUT2D eigenvalue weighted by Crippen LogP contribution is 2.24. The molecule has 2 aromatic heterocycles. The Morgan fingerprint density at radius 1 is 1.05 bits per heavy atom. The molecule has 5 nitrogen and oxygen atoms in total. The molecule has 3 aromatic rings. The first-order valence-electron chi connectivity index (χ1n) is 6.47. The fourth-order valence-electron chi connectivity index (χ4n) is 2.59. The number of morpholine rings is 1. The third kappa shape index (κ3) is 1.66. The number of hydrogen-bond donors (Lipinski definition) is 0. The third-order valence-corrected chi connectivity index (χ3v) is 3.55. The van der Waals surface area contributed by atoms with E-state index in [2.05, 4.69) is 20.4 Å². The molecule has 4 rings (SSSR count). The van der Waals surface area contributed by atoms with Crippen molar-refractivity contribution in [3.8, 4) is 0 Å². The number of nitrogens with zero attached hydrogens (tertiary/aromatic N) is 4. The number of aromatic nitrogens is 3. The summed E-state index contributed by atoms with van der Waals surface area (Å²) in [6, 6.07) is 8.15. The van der Waals surface area contributed by atoms with E-state index in [0.29, 0.717) is 0 Å². The van der Waals surface area contributed by atoms with E-state index in [9.17, 15) is 0 Å². The molecule has 19 heavy (non-hydrogen) atoms. The molecule has 1 aromatic carbocycles. The first-order valence-corrected chi connectivity index (χ1v) is 6.47. The summed E-state index contributed by atoms with van der Waals surface area (Å²) >= 11 is 0. The first-order chi connectivity index (χ1) is 9.43. The Kier molecular flexibility index (Phi) is 2.38. The average molecular weight is 254 g/mol. The lowest BCUT2D eigenvalue weighted by Crippen LogP contribution is -2.37. The van der Waals surface area contributed by atoms with Gasteiger partial charge in [0, 0.05) is 13.1 Å². The first kappa shape index (κ1) is 10.8. The van der Waals surface area contributed by atoms with Crippen LogP contribution in [0.5, 0.6) is 0 Å². The summed E-state index contributed by atoms with van der Waals surface area (Å²) in [7, 11) is 0. The summed E-state index contributed by atoms with van der Waals surface area (Å²) < 4.78 is 7.51. The van der Waals surface area contributed by atoms with E-state index in [0.717, 1.165) is 48.7 Å². The van der Waals surface area contributed by atoms with Gasteiger partial charge in [-0.15, -0.1) is 0 Å². The number of fused-ring (bicyclic) bond motifs is 3. The van der Waals surface area contributed by atoms with Crippen molar-refractivity contribution in [2.75, 3.05) is 31.2 Å². The molecule has 0 N–H and O–H groups in total. The van der Waals surface area contributed by atoms with E-state index in [1.807, 2.05) is 30.7 Å². The molecule has 0 amide bonds. The van der Waals surface area contributed by atoms with Gasteiger partial charge in [0.2, 0.25) is 0 Å². The van der Waals surface area contributed by atoms with Gasteiger partial charge in [-0.1, -0.05) is 12.1 Å². The van der Waals surface area contributed by atoms with Crippen LogP contribution in [0.3, 0.4) is 0 Å². The summed E-state index contributed by atoms with van der Waals surface area (Å²) in [5.41, 5.74) is 3.14. The van der Waals surface area contributed by atoms with Crippen molar-refractivity contribution in [3.05, 3.63) is 36.8 Å². The lowest BCUT2D eigenvalue weighted by Gasteiger charge is -2.28. The van der Waals surface area contributed by atoms with Crippen LogP contribution in [0.4, 0.5) is 5.82 Å². The fourth-order valence-corrected chi connectivity index (χ4v) is 2.59. The molecule has 0 aliphatic carbocycles. The SMILES string of the molecule is c1ccc2c(c1)nc(N1CCOCC1)c1cncn12. The highest BCUT2D eigenvalue weighted by molar-refractivity contribution is 5.84. The van der Waals surface area contributed by atoms with Gasteiger partial charge >= 0.3 is 0 Å². The predicted molar refractivity (Wildman–Crippen MR) is 73.5 cm³/mol. The number of hydrogen-bond acceptors (Lipinski definition) is 4. The Balaban J connectivity index is 1.99. The van der Waals surface area contributed by atoms with Crippen LogP contribution in [0.2, 0.25) is 0 Å². The molecule has 0 unspecified atom stereocenters. The Bertz CT molecular complexity index is 730. The zero-order chi connectivity index (χ0) is 12.7. The smallest absolute Gasteiger partial charge is 0.155 e. The minimum Gasteiger partial charge on any atom is -0.378 e. The average Bonchev–Trinajstić information content (AvgIpc) is 2.97. The van der Waals surface area contributed by atoms with Crippen LogP contribution in [0.25, 0.3) is 16.6 Å². The second-order valence-electron chi connectivity index (χ2n) is 4.67. The van der Waals surface area contributed by atoms with Gasteiger partial charge in [-0.25, -0.2) is 9.97 Å². The van der Waals surface area contributed by atoms with Crippen molar-refractivity contribution in [3.63, 3.8) is 0 Å². The minimum absolute atomic E-state index is 0.759. The maximum Gasteiger partial charge on any atom is 0.155 e. The van der Waals surface area contributed by atoms with Crippen molar-refractivity contribution in [2.24, 2.45) is 0 Å². The number of benzene rings is 1. The monoisotopic (exact) mass is 254 g/mol. The van der Waals surface area contributed by atoms with E-state index in [-0.39, 0.29) is 0 Å². The summed E-state index contributed by atoms with van der Waals surface area (Å²) in [6.45, 7) is 3.28. The molecule has 5 heteroatoms. The molecule has 1 aliphatic heterocycles. The van der Waals surface area contributed by atoms with Crippen LogP contribution in [0.1, 0.15) is 0 Å². The summed E-state index contributed by atoms with van der Waals surface area (Å²) in [6.07, 6.45) is 3.73. The van der Waals surface area contributed by atoms with E-state index in [1.165, 1.54) is 0 Å².